The maximum absolute atomic E-state index is 6.34. The van der Waals surface area contributed by atoms with E-state index < -0.39 is 0 Å². The van der Waals surface area contributed by atoms with Crippen LogP contribution in [0.4, 0.5) is 0 Å². The highest BCUT2D eigenvalue weighted by Crippen LogP contribution is 2.29. The van der Waals surface area contributed by atoms with Crippen molar-refractivity contribution >= 4 is 11.3 Å². The van der Waals surface area contributed by atoms with Crippen molar-refractivity contribution in [3.8, 4) is 11.3 Å². The zero-order chi connectivity index (χ0) is 15.5. The average molecular weight is 308 g/mol. The smallest absolute Gasteiger partial charge is 0.0954 e. The molecule has 1 heterocycles. The second-order valence-corrected chi connectivity index (χ2v) is 6.89. The fourth-order valence-corrected chi connectivity index (χ4v) is 3.54. The monoisotopic (exact) mass is 308 g/mol. The summed E-state index contributed by atoms with van der Waals surface area (Å²) in [6.07, 6.45) is 0.779. The molecule has 2 aromatic carbocycles. The molecule has 3 heteroatoms. The Morgan fingerprint density at radius 3 is 2.36 bits per heavy atom. The fraction of sp³-hybridized carbons (Fsp3) is 0.211. The minimum Gasteiger partial charge on any atom is -0.324 e. The molecule has 0 saturated carbocycles. The molecule has 1 unspecified atom stereocenters. The molecule has 0 aliphatic carbocycles. The van der Waals surface area contributed by atoms with Crippen LogP contribution < -0.4 is 5.73 Å². The molecule has 1 aromatic heterocycles. The first kappa shape index (κ1) is 14.9. The standard InChI is InChI=1S/C19H20N2S/c1-13-8-10-15(11-9-13)17(20)12-18-21-19(14(2)22-18)16-6-4-3-5-7-16/h3-11,17H,12,20H2,1-2H3. The molecule has 3 aromatic rings. The number of hydrogen-bond acceptors (Lipinski definition) is 3. The van der Waals surface area contributed by atoms with Gasteiger partial charge in [-0.05, 0) is 19.4 Å². The normalized spacial score (nSPS) is 12.3. The number of nitrogens with zero attached hydrogens (tertiary/aromatic N) is 1. The summed E-state index contributed by atoms with van der Waals surface area (Å²) in [7, 11) is 0. The Hall–Kier alpha value is -1.97. The number of thiazole rings is 1. The predicted octanol–water partition coefficient (Wildman–Crippen LogP) is 4.67. The van der Waals surface area contributed by atoms with Gasteiger partial charge in [0.1, 0.15) is 0 Å². The molecule has 3 rings (SSSR count). The van der Waals surface area contributed by atoms with Crippen molar-refractivity contribution in [2.45, 2.75) is 26.3 Å². The van der Waals surface area contributed by atoms with Crippen LogP contribution in [-0.2, 0) is 6.42 Å². The molecule has 0 fully saturated rings. The molecule has 112 valence electrons. The first-order valence-electron chi connectivity index (χ1n) is 7.47. The molecule has 0 radical (unpaired) electrons. The molecule has 0 saturated heterocycles. The SMILES string of the molecule is Cc1ccc(C(N)Cc2nc(-c3ccccc3)c(C)s2)cc1. The molecule has 0 amide bonds. The van der Waals surface area contributed by atoms with Gasteiger partial charge in [0.05, 0.1) is 10.7 Å². The summed E-state index contributed by atoms with van der Waals surface area (Å²) in [6, 6.07) is 18.8. The van der Waals surface area contributed by atoms with Crippen molar-refractivity contribution in [3.63, 3.8) is 0 Å². The van der Waals surface area contributed by atoms with Crippen LogP contribution >= 0.6 is 11.3 Å². The average Bonchev–Trinajstić information content (AvgIpc) is 2.89. The third kappa shape index (κ3) is 3.26. The van der Waals surface area contributed by atoms with Crippen LogP contribution in [0.15, 0.2) is 54.6 Å². The van der Waals surface area contributed by atoms with Gasteiger partial charge in [-0.2, -0.15) is 0 Å². The Morgan fingerprint density at radius 1 is 1.00 bits per heavy atom. The highest BCUT2D eigenvalue weighted by Gasteiger charge is 2.13. The number of rotatable bonds is 4. The second-order valence-electron chi connectivity index (χ2n) is 5.60. The molecule has 1 atom stereocenters. The van der Waals surface area contributed by atoms with E-state index in [4.69, 9.17) is 10.7 Å². The first-order chi connectivity index (χ1) is 10.6. The van der Waals surface area contributed by atoms with Gasteiger partial charge in [0.15, 0.2) is 0 Å². The Balaban J connectivity index is 1.80. The van der Waals surface area contributed by atoms with Crippen molar-refractivity contribution in [2.75, 3.05) is 0 Å². The molecular formula is C19H20N2S. The van der Waals surface area contributed by atoms with Crippen molar-refractivity contribution in [1.82, 2.24) is 4.98 Å². The summed E-state index contributed by atoms with van der Waals surface area (Å²) < 4.78 is 0. The Labute approximate surface area is 135 Å². The summed E-state index contributed by atoms with van der Waals surface area (Å²) in [5, 5.41) is 1.10. The lowest BCUT2D eigenvalue weighted by molar-refractivity contribution is 0.718. The van der Waals surface area contributed by atoms with E-state index in [0.717, 1.165) is 17.1 Å². The summed E-state index contributed by atoms with van der Waals surface area (Å²) in [4.78, 5) is 6.05. The van der Waals surface area contributed by atoms with Crippen LogP contribution in [0.5, 0.6) is 0 Å². The molecule has 2 nitrogen and oxygen atoms in total. The minimum absolute atomic E-state index is 0.00484. The Morgan fingerprint density at radius 2 is 1.68 bits per heavy atom. The van der Waals surface area contributed by atoms with Gasteiger partial charge in [-0.25, -0.2) is 4.98 Å². The van der Waals surface area contributed by atoms with Crippen molar-refractivity contribution in [1.29, 1.82) is 0 Å². The van der Waals surface area contributed by atoms with Crippen molar-refractivity contribution < 1.29 is 0 Å². The molecule has 0 aliphatic heterocycles. The summed E-state index contributed by atoms with van der Waals surface area (Å²) in [5.74, 6) is 0. The van der Waals surface area contributed by atoms with Crippen molar-refractivity contribution in [3.05, 3.63) is 75.6 Å². The van der Waals surface area contributed by atoms with Crippen LogP contribution in [0.1, 0.15) is 27.1 Å². The number of aryl methyl sites for hydroxylation is 2. The van der Waals surface area contributed by atoms with Crippen molar-refractivity contribution in [2.24, 2.45) is 5.73 Å². The van der Waals surface area contributed by atoms with Gasteiger partial charge in [0, 0.05) is 22.9 Å². The molecule has 0 spiro atoms. The molecular weight excluding hydrogens is 288 g/mol. The van der Waals surface area contributed by atoms with Crippen LogP contribution in [0.25, 0.3) is 11.3 Å². The lowest BCUT2D eigenvalue weighted by Crippen LogP contribution is -2.13. The van der Waals surface area contributed by atoms with E-state index in [0.29, 0.717) is 0 Å². The zero-order valence-electron chi connectivity index (χ0n) is 12.9. The molecule has 22 heavy (non-hydrogen) atoms. The van der Waals surface area contributed by atoms with Gasteiger partial charge < -0.3 is 5.73 Å². The highest BCUT2D eigenvalue weighted by molar-refractivity contribution is 7.12. The summed E-state index contributed by atoms with van der Waals surface area (Å²) in [6.45, 7) is 4.21. The van der Waals surface area contributed by atoms with E-state index in [2.05, 4.69) is 50.2 Å². The van der Waals surface area contributed by atoms with E-state index >= 15 is 0 Å². The lowest BCUT2D eigenvalue weighted by atomic mass is 10.0. The van der Waals surface area contributed by atoms with E-state index in [1.54, 1.807) is 11.3 Å². The molecule has 0 bridgehead atoms. The van der Waals surface area contributed by atoms with Crippen LogP contribution in [-0.4, -0.2) is 4.98 Å². The van der Waals surface area contributed by atoms with Crippen LogP contribution in [0.3, 0.4) is 0 Å². The first-order valence-corrected chi connectivity index (χ1v) is 8.29. The third-order valence-electron chi connectivity index (χ3n) is 3.79. The highest BCUT2D eigenvalue weighted by atomic mass is 32.1. The number of benzene rings is 2. The van der Waals surface area contributed by atoms with Crippen LogP contribution in [0.2, 0.25) is 0 Å². The maximum Gasteiger partial charge on any atom is 0.0954 e. The topological polar surface area (TPSA) is 38.9 Å². The zero-order valence-corrected chi connectivity index (χ0v) is 13.7. The maximum atomic E-state index is 6.34. The lowest BCUT2D eigenvalue weighted by Gasteiger charge is -2.10. The fourth-order valence-electron chi connectivity index (χ4n) is 2.52. The minimum atomic E-state index is -0.00484. The predicted molar refractivity (Wildman–Crippen MR) is 94.1 cm³/mol. The molecule has 0 aliphatic rings. The third-order valence-corrected chi connectivity index (χ3v) is 4.78. The second kappa shape index (κ2) is 6.42. The van der Waals surface area contributed by atoms with E-state index in [1.807, 2.05) is 18.2 Å². The van der Waals surface area contributed by atoms with E-state index in [9.17, 15) is 0 Å². The van der Waals surface area contributed by atoms with E-state index in [1.165, 1.54) is 21.6 Å². The number of aromatic nitrogens is 1. The Bertz CT molecular complexity index is 745. The quantitative estimate of drug-likeness (QED) is 0.760. The van der Waals surface area contributed by atoms with Gasteiger partial charge in [-0.15, -0.1) is 11.3 Å². The van der Waals surface area contributed by atoms with Gasteiger partial charge in [-0.1, -0.05) is 60.2 Å². The van der Waals surface area contributed by atoms with Gasteiger partial charge >= 0.3 is 0 Å². The number of hydrogen-bond donors (Lipinski definition) is 1. The Kier molecular flexibility index (Phi) is 4.36. The summed E-state index contributed by atoms with van der Waals surface area (Å²) >= 11 is 1.74. The van der Waals surface area contributed by atoms with Gasteiger partial charge in [0.25, 0.3) is 0 Å². The van der Waals surface area contributed by atoms with E-state index in [-0.39, 0.29) is 6.04 Å². The van der Waals surface area contributed by atoms with Gasteiger partial charge in [-0.3, -0.25) is 0 Å². The molecule has 2 N–H and O–H groups in total. The summed E-state index contributed by atoms with van der Waals surface area (Å²) in [5.41, 5.74) is 11.0. The number of nitrogens with two attached hydrogens (primary N) is 1. The largest absolute Gasteiger partial charge is 0.324 e. The van der Waals surface area contributed by atoms with Crippen LogP contribution in [0, 0.1) is 13.8 Å². The van der Waals surface area contributed by atoms with Gasteiger partial charge in [0.2, 0.25) is 0 Å².